The van der Waals surface area contributed by atoms with Crippen molar-refractivity contribution in [3.63, 3.8) is 0 Å². The summed E-state index contributed by atoms with van der Waals surface area (Å²) in [6.07, 6.45) is 5.09. The van der Waals surface area contributed by atoms with Gasteiger partial charge >= 0.3 is 0 Å². The molecule has 0 aromatic rings. The molecule has 1 N–H and O–H groups in total. The van der Waals surface area contributed by atoms with Crippen LogP contribution in [-0.4, -0.2) is 13.1 Å². The summed E-state index contributed by atoms with van der Waals surface area (Å²) in [5.74, 6) is 1.67. The summed E-state index contributed by atoms with van der Waals surface area (Å²) in [5, 5.41) is 3.43. The van der Waals surface area contributed by atoms with E-state index in [9.17, 15) is 0 Å². The first kappa shape index (κ1) is 9.79. The normalized spacial score (nSPS) is 30.1. The van der Waals surface area contributed by atoms with Gasteiger partial charge in [-0.1, -0.05) is 25.5 Å². The minimum atomic E-state index is 0.794. The lowest BCUT2D eigenvalue weighted by Gasteiger charge is -2.25. The first-order valence-electron chi connectivity index (χ1n) is 5.10. The Morgan fingerprint density at radius 3 is 2.92 bits per heavy atom. The number of hydrogen-bond acceptors (Lipinski definition) is 1. The van der Waals surface area contributed by atoms with Crippen LogP contribution in [0, 0.1) is 11.8 Å². The first-order chi connectivity index (χ1) is 5.72. The Hall–Kier alpha value is -0.300. The maximum absolute atomic E-state index is 3.43. The zero-order chi connectivity index (χ0) is 8.97. The largest absolute Gasteiger partial charge is 0.317 e. The van der Waals surface area contributed by atoms with Crippen LogP contribution in [0.25, 0.3) is 0 Å². The standard InChI is InChI=1S/C11H21N/c1-4-12-8-11-6-9(2)5-10(3)7-11/h5,9,11-12H,4,6-8H2,1-3H3. The van der Waals surface area contributed by atoms with Crippen molar-refractivity contribution in [1.82, 2.24) is 5.32 Å². The fourth-order valence-corrected chi connectivity index (χ4v) is 2.19. The predicted molar refractivity (Wildman–Crippen MR) is 54.2 cm³/mol. The Kier molecular flexibility index (Phi) is 3.80. The average molecular weight is 167 g/mol. The topological polar surface area (TPSA) is 12.0 Å². The molecule has 0 fully saturated rings. The van der Waals surface area contributed by atoms with Crippen molar-refractivity contribution in [2.75, 3.05) is 13.1 Å². The van der Waals surface area contributed by atoms with Crippen LogP contribution >= 0.6 is 0 Å². The van der Waals surface area contributed by atoms with Gasteiger partial charge in [-0.25, -0.2) is 0 Å². The van der Waals surface area contributed by atoms with Crippen LogP contribution in [0.3, 0.4) is 0 Å². The van der Waals surface area contributed by atoms with Crippen LogP contribution in [0.5, 0.6) is 0 Å². The van der Waals surface area contributed by atoms with Crippen molar-refractivity contribution >= 4 is 0 Å². The van der Waals surface area contributed by atoms with Gasteiger partial charge in [0.1, 0.15) is 0 Å². The van der Waals surface area contributed by atoms with E-state index >= 15 is 0 Å². The van der Waals surface area contributed by atoms with E-state index in [0.29, 0.717) is 0 Å². The molecule has 1 heteroatoms. The monoisotopic (exact) mass is 167 g/mol. The molecule has 0 amide bonds. The van der Waals surface area contributed by atoms with E-state index < -0.39 is 0 Å². The molecule has 0 heterocycles. The lowest BCUT2D eigenvalue weighted by atomic mass is 9.84. The molecule has 2 unspecified atom stereocenters. The third-order valence-electron chi connectivity index (χ3n) is 2.57. The molecule has 0 aromatic heterocycles. The van der Waals surface area contributed by atoms with Crippen LogP contribution in [0.15, 0.2) is 11.6 Å². The molecular weight excluding hydrogens is 146 g/mol. The van der Waals surface area contributed by atoms with E-state index in [1.54, 1.807) is 5.57 Å². The third-order valence-corrected chi connectivity index (χ3v) is 2.57. The van der Waals surface area contributed by atoms with Crippen LogP contribution < -0.4 is 5.32 Å². The van der Waals surface area contributed by atoms with E-state index in [4.69, 9.17) is 0 Å². The van der Waals surface area contributed by atoms with Gasteiger partial charge in [-0.3, -0.25) is 0 Å². The highest BCUT2D eigenvalue weighted by Crippen LogP contribution is 2.26. The predicted octanol–water partition coefficient (Wildman–Crippen LogP) is 2.59. The van der Waals surface area contributed by atoms with Gasteiger partial charge in [0.15, 0.2) is 0 Å². The molecule has 70 valence electrons. The Morgan fingerprint density at radius 2 is 2.33 bits per heavy atom. The molecule has 0 radical (unpaired) electrons. The van der Waals surface area contributed by atoms with Crippen molar-refractivity contribution in [2.45, 2.75) is 33.6 Å². The Labute approximate surface area is 76.2 Å². The molecule has 0 saturated carbocycles. The molecule has 1 aliphatic carbocycles. The van der Waals surface area contributed by atoms with Crippen LogP contribution in [0.2, 0.25) is 0 Å². The van der Waals surface area contributed by atoms with Gasteiger partial charge in [-0.05, 0) is 44.7 Å². The lowest BCUT2D eigenvalue weighted by Crippen LogP contribution is -2.25. The minimum absolute atomic E-state index is 0.794. The zero-order valence-corrected chi connectivity index (χ0v) is 8.56. The average Bonchev–Trinajstić information content (AvgIpc) is 1.99. The minimum Gasteiger partial charge on any atom is -0.317 e. The van der Waals surface area contributed by atoms with E-state index in [0.717, 1.165) is 18.4 Å². The second kappa shape index (κ2) is 4.66. The second-order valence-corrected chi connectivity index (χ2v) is 4.10. The summed E-state index contributed by atoms with van der Waals surface area (Å²) in [6, 6.07) is 0. The van der Waals surface area contributed by atoms with Gasteiger partial charge in [0.05, 0.1) is 0 Å². The Balaban J connectivity index is 2.34. The summed E-state index contributed by atoms with van der Waals surface area (Å²) in [5.41, 5.74) is 1.58. The van der Waals surface area contributed by atoms with Crippen LogP contribution in [0.1, 0.15) is 33.6 Å². The number of allylic oxidation sites excluding steroid dienone is 2. The number of nitrogens with one attached hydrogen (secondary N) is 1. The SMILES string of the molecule is CCNCC1CC(C)=CC(C)C1. The fourth-order valence-electron chi connectivity index (χ4n) is 2.19. The molecule has 2 atom stereocenters. The van der Waals surface area contributed by atoms with Gasteiger partial charge in [0.25, 0.3) is 0 Å². The van der Waals surface area contributed by atoms with E-state index in [2.05, 4.69) is 32.2 Å². The fraction of sp³-hybridized carbons (Fsp3) is 0.818. The van der Waals surface area contributed by atoms with Gasteiger partial charge < -0.3 is 5.32 Å². The molecule has 1 rings (SSSR count). The van der Waals surface area contributed by atoms with Crippen molar-refractivity contribution in [1.29, 1.82) is 0 Å². The molecule has 1 aliphatic rings. The zero-order valence-electron chi connectivity index (χ0n) is 8.56. The molecule has 0 aliphatic heterocycles. The molecule has 0 aromatic carbocycles. The molecular formula is C11H21N. The highest BCUT2D eigenvalue weighted by atomic mass is 14.8. The highest BCUT2D eigenvalue weighted by Gasteiger charge is 2.16. The van der Waals surface area contributed by atoms with Gasteiger partial charge in [0.2, 0.25) is 0 Å². The van der Waals surface area contributed by atoms with Crippen molar-refractivity contribution in [3.8, 4) is 0 Å². The Bertz CT molecular complexity index is 160. The maximum Gasteiger partial charge on any atom is -0.00174 e. The summed E-state index contributed by atoms with van der Waals surface area (Å²) >= 11 is 0. The van der Waals surface area contributed by atoms with Crippen molar-refractivity contribution < 1.29 is 0 Å². The molecule has 0 bridgehead atoms. The van der Waals surface area contributed by atoms with Crippen LogP contribution in [0.4, 0.5) is 0 Å². The van der Waals surface area contributed by atoms with E-state index in [1.807, 2.05) is 0 Å². The molecule has 0 saturated heterocycles. The lowest BCUT2D eigenvalue weighted by molar-refractivity contribution is 0.385. The third kappa shape index (κ3) is 2.98. The van der Waals surface area contributed by atoms with Gasteiger partial charge in [-0.15, -0.1) is 0 Å². The second-order valence-electron chi connectivity index (χ2n) is 4.10. The first-order valence-corrected chi connectivity index (χ1v) is 5.10. The van der Waals surface area contributed by atoms with Gasteiger partial charge in [0, 0.05) is 0 Å². The quantitative estimate of drug-likeness (QED) is 0.637. The summed E-state index contributed by atoms with van der Waals surface area (Å²) in [7, 11) is 0. The molecule has 1 nitrogen and oxygen atoms in total. The van der Waals surface area contributed by atoms with Crippen molar-refractivity contribution in [3.05, 3.63) is 11.6 Å². The summed E-state index contributed by atoms with van der Waals surface area (Å²) < 4.78 is 0. The van der Waals surface area contributed by atoms with Crippen LogP contribution in [-0.2, 0) is 0 Å². The maximum atomic E-state index is 3.43. The van der Waals surface area contributed by atoms with Gasteiger partial charge in [-0.2, -0.15) is 0 Å². The summed E-state index contributed by atoms with van der Waals surface area (Å²) in [4.78, 5) is 0. The smallest absolute Gasteiger partial charge is 0.00174 e. The summed E-state index contributed by atoms with van der Waals surface area (Å²) in [6.45, 7) is 9.06. The van der Waals surface area contributed by atoms with E-state index in [-0.39, 0.29) is 0 Å². The van der Waals surface area contributed by atoms with Crippen molar-refractivity contribution in [2.24, 2.45) is 11.8 Å². The Morgan fingerprint density at radius 1 is 1.58 bits per heavy atom. The highest BCUT2D eigenvalue weighted by molar-refractivity contribution is 5.06. The molecule has 0 spiro atoms. The number of rotatable bonds is 3. The van der Waals surface area contributed by atoms with E-state index in [1.165, 1.54) is 19.4 Å². The molecule has 12 heavy (non-hydrogen) atoms. The number of hydrogen-bond donors (Lipinski definition) is 1.